The Morgan fingerprint density at radius 3 is 2.90 bits per heavy atom. The Kier molecular flexibility index (Phi) is 4.40. The van der Waals surface area contributed by atoms with Crippen LogP contribution in [0.4, 0.5) is 10.5 Å². The zero-order valence-electron chi connectivity index (χ0n) is 11.8. The summed E-state index contributed by atoms with van der Waals surface area (Å²) in [6, 6.07) is 12.5. The summed E-state index contributed by atoms with van der Waals surface area (Å²) in [4.78, 5) is 14.2. The molecule has 0 aliphatic carbocycles. The van der Waals surface area contributed by atoms with Crippen molar-refractivity contribution in [1.29, 1.82) is 0 Å². The predicted molar refractivity (Wildman–Crippen MR) is 86.8 cm³/mol. The molecule has 0 bridgehead atoms. The first-order valence-electron chi connectivity index (χ1n) is 7.17. The number of rotatable bonds is 4. The molecule has 0 unspecified atom stereocenters. The van der Waals surface area contributed by atoms with Gasteiger partial charge < -0.3 is 15.5 Å². The molecular weight excluding hydrogens is 282 g/mol. The number of amides is 2. The van der Waals surface area contributed by atoms with Gasteiger partial charge in [0.25, 0.3) is 0 Å². The zero-order chi connectivity index (χ0) is 14.5. The fraction of sp³-hybridized carbons (Fsp3) is 0.312. The number of anilines is 1. The van der Waals surface area contributed by atoms with Crippen molar-refractivity contribution in [3.05, 3.63) is 52.7 Å². The second-order valence-corrected chi connectivity index (χ2v) is 6.01. The molecule has 3 rings (SSSR count). The van der Waals surface area contributed by atoms with Gasteiger partial charge in [0.2, 0.25) is 0 Å². The molecule has 1 aliphatic heterocycles. The lowest BCUT2D eigenvalue weighted by Crippen LogP contribution is -2.43. The van der Waals surface area contributed by atoms with E-state index >= 15 is 0 Å². The molecule has 1 saturated heterocycles. The number of benzene rings is 1. The van der Waals surface area contributed by atoms with E-state index in [1.54, 1.807) is 11.3 Å². The summed E-state index contributed by atoms with van der Waals surface area (Å²) < 4.78 is 0. The maximum Gasteiger partial charge on any atom is 0.315 e. The van der Waals surface area contributed by atoms with Crippen LogP contribution >= 0.6 is 11.3 Å². The smallest absolute Gasteiger partial charge is 0.315 e. The minimum atomic E-state index is -0.0823. The molecule has 1 aromatic heterocycles. The predicted octanol–water partition coefficient (Wildman–Crippen LogP) is 2.83. The Labute approximate surface area is 128 Å². The third-order valence-electron chi connectivity index (χ3n) is 3.68. The molecule has 1 aromatic carbocycles. The normalized spacial score (nSPS) is 17.7. The van der Waals surface area contributed by atoms with Crippen LogP contribution in [-0.4, -0.2) is 25.2 Å². The van der Waals surface area contributed by atoms with Crippen molar-refractivity contribution in [2.75, 3.05) is 18.0 Å². The van der Waals surface area contributed by atoms with Crippen LogP contribution in [0.15, 0.2) is 47.2 Å². The van der Waals surface area contributed by atoms with Crippen LogP contribution in [0, 0.1) is 0 Å². The van der Waals surface area contributed by atoms with Gasteiger partial charge in [0.15, 0.2) is 0 Å². The third kappa shape index (κ3) is 3.76. The average molecular weight is 301 g/mol. The maximum absolute atomic E-state index is 11.9. The highest BCUT2D eigenvalue weighted by molar-refractivity contribution is 7.07. The van der Waals surface area contributed by atoms with Crippen molar-refractivity contribution < 1.29 is 4.79 Å². The molecule has 4 nitrogen and oxygen atoms in total. The number of urea groups is 1. The number of nitrogens with zero attached hydrogens (tertiary/aromatic N) is 1. The minimum absolute atomic E-state index is 0.0823. The molecule has 0 spiro atoms. The first-order chi connectivity index (χ1) is 10.3. The van der Waals surface area contributed by atoms with E-state index < -0.39 is 0 Å². The van der Waals surface area contributed by atoms with Crippen LogP contribution < -0.4 is 15.5 Å². The van der Waals surface area contributed by atoms with Crippen LogP contribution in [-0.2, 0) is 6.54 Å². The summed E-state index contributed by atoms with van der Waals surface area (Å²) in [7, 11) is 0. The van der Waals surface area contributed by atoms with E-state index in [1.165, 1.54) is 5.69 Å². The second kappa shape index (κ2) is 6.63. The van der Waals surface area contributed by atoms with E-state index in [0.717, 1.165) is 25.1 Å². The largest absolute Gasteiger partial charge is 0.369 e. The summed E-state index contributed by atoms with van der Waals surface area (Å²) in [5.41, 5.74) is 2.37. The Bertz CT molecular complexity index is 570. The lowest BCUT2D eigenvalue weighted by atomic mass is 10.3. The number of thiophene rings is 1. The van der Waals surface area contributed by atoms with Gasteiger partial charge in [0.1, 0.15) is 0 Å². The van der Waals surface area contributed by atoms with Crippen LogP contribution in [0.5, 0.6) is 0 Å². The molecule has 2 heterocycles. The lowest BCUT2D eigenvalue weighted by Gasteiger charge is -2.19. The average Bonchev–Trinajstić information content (AvgIpc) is 3.17. The number of carbonyl (C=O) groups is 1. The molecule has 1 aliphatic rings. The quantitative estimate of drug-likeness (QED) is 0.912. The highest BCUT2D eigenvalue weighted by atomic mass is 32.1. The molecular formula is C16H19N3OS. The van der Waals surface area contributed by atoms with Gasteiger partial charge >= 0.3 is 6.03 Å². The van der Waals surface area contributed by atoms with Crippen molar-refractivity contribution in [3.8, 4) is 0 Å². The van der Waals surface area contributed by atoms with Crippen molar-refractivity contribution in [1.82, 2.24) is 10.6 Å². The standard InChI is InChI=1S/C16H19N3OS/c20-16(17-10-13-7-9-21-12-13)18-14-6-8-19(11-14)15-4-2-1-3-5-15/h1-5,7,9,12,14H,6,8,10-11H2,(H2,17,18,20)/t14-/m1/s1. The molecule has 2 amide bonds. The van der Waals surface area contributed by atoms with Crippen molar-refractivity contribution in [2.45, 2.75) is 19.0 Å². The van der Waals surface area contributed by atoms with Crippen molar-refractivity contribution in [2.24, 2.45) is 0 Å². The van der Waals surface area contributed by atoms with E-state index in [9.17, 15) is 4.79 Å². The number of carbonyl (C=O) groups excluding carboxylic acids is 1. The number of hydrogen-bond acceptors (Lipinski definition) is 3. The van der Waals surface area contributed by atoms with E-state index in [4.69, 9.17) is 0 Å². The molecule has 21 heavy (non-hydrogen) atoms. The van der Waals surface area contributed by atoms with Gasteiger partial charge in [-0.25, -0.2) is 4.79 Å². The number of hydrogen-bond donors (Lipinski definition) is 2. The molecule has 0 radical (unpaired) electrons. The fourth-order valence-electron chi connectivity index (χ4n) is 2.56. The van der Waals surface area contributed by atoms with Gasteiger partial charge in [0, 0.05) is 31.4 Å². The molecule has 2 aromatic rings. The Morgan fingerprint density at radius 1 is 1.29 bits per heavy atom. The van der Waals surface area contributed by atoms with Crippen LogP contribution in [0.3, 0.4) is 0 Å². The maximum atomic E-state index is 11.9. The first-order valence-corrected chi connectivity index (χ1v) is 8.11. The van der Waals surface area contributed by atoms with Crippen LogP contribution in [0.2, 0.25) is 0 Å². The molecule has 2 N–H and O–H groups in total. The van der Waals surface area contributed by atoms with Gasteiger partial charge in [-0.1, -0.05) is 18.2 Å². The Hall–Kier alpha value is -2.01. The molecule has 1 atom stereocenters. The van der Waals surface area contributed by atoms with E-state index in [1.807, 2.05) is 35.0 Å². The summed E-state index contributed by atoms with van der Waals surface area (Å²) in [5, 5.41) is 10.0. The van der Waals surface area contributed by atoms with Gasteiger partial charge in [-0.15, -0.1) is 0 Å². The highest BCUT2D eigenvalue weighted by Gasteiger charge is 2.23. The summed E-state index contributed by atoms with van der Waals surface area (Å²) in [5.74, 6) is 0. The molecule has 0 saturated carbocycles. The molecule has 110 valence electrons. The summed E-state index contributed by atoms with van der Waals surface area (Å²) >= 11 is 1.64. The Morgan fingerprint density at radius 2 is 2.14 bits per heavy atom. The van der Waals surface area contributed by atoms with E-state index in [0.29, 0.717) is 6.54 Å². The topological polar surface area (TPSA) is 44.4 Å². The third-order valence-corrected chi connectivity index (χ3v) is 4.41. The number of para-hydroxylation sites is 1. The SMILES string of the molecule is O=C(NCc1ccsc1)N[C@@H]1CCN(c2ccccc2)C1. The van der Waals surface area contributed by atoms with Gasteiger partial charge in [-0.3, -0.25) is 0 Å². The molecule has 1 fully saturated rings. The fourth-order valence-corrected chi connectivity index (χ4v) is 3.23. The van der Waals surface area contributed by atoms with Gasteiger partial charge in [-0.05, 0) is 40.9 Å². The van der Waals surface area contributed by atoms with E-state index in [2.05, 4.69) is 27.7 Å². The minimum Gasteiger partial charge on any atom is -0.369 e. The van der Waals surface area contributed by atoms with Crippen molar-refractivity contribution >= 4 is 23.1 Å². The second-order valence-electron chi connectivity index (χ2n) is 5.23. The van der Waals surface area contributed by atoms with Crippen LogP contribution in [0.25, 0.3) is 0 Å². The Balaban J connectivity index is 1.45. The summed E-state index contributed by atoms with van der Waals surface area (Å²) in [6.07, 6.45) is 0.987. The first kappa shape index (κ1) is 13.9. The van der Waals surface area contributed by atoms with Gasteiger partial charge in [-0.2, -0.15) is 11.3 Å². The molecule has 5 heteroatoms. The van der Waals surface area contributed by atoms with Crippen molar-refractivity contribution in [3.63, 3.8) is 0 Å². The summed E-state index contributed by atoms with van der Waals surface area (Å²) in [6.45, 7) is 2.44. The van der Waals surface area contributed by atoms with Gasteiger partial charge in [0.05, 0.1) is 0 Å². The number of nitrogens with one attached hydrogen (secondary N) is 2. The zero-order valence-corrected chi connectivity index (χ0v) is 12.6. The highest BCUT2D eigenvalue weighted by Crippen LogP contribution is 2.19. The lowest BCUT2D eigenvalue weighted by molar-refractivity contribution is 0.237. The monoisotopic (exact) mass is 301 g/mol. The van der Waals surface area contributed by atoms with Crippen LogP contribution in [0.1, 0.15) is 12.0 Å². The van der Waals surface area contributed by atoms with E-state index in [-0.39, 0.29) is 12.1 Å².